The molecule has 4 fully saturated rings. The molecule has 6 aliphatic rings. The minimum Gasteiger partial charge on any atom is -0.495 e. The number of alkyl carbamates (subject to hydrolysis) is 1. The van der Waals surface area contributed by atoms with Crippen LogP contribution in [0.1, 0.15) is 84.6 Å². The Morgan fingerprint density at radius 1 is 1.06 bits per heavy atom. The van der Waals surface area contributed by atoms with Gasteiger partial charge in [-0.2, -0.15) is 3.64 Å². The number of imide groups is 1. The number of nitrogens with zero attached hydrogens (tertiary/aromatic N) is 2. The SMILES string of the molecule is COc1cc2cc(c1Cl)N(C)C(=O)C[C@H](OC(=O)[C@H](C)OCCOCCSC1CC(=O)N(CC3CCC(C(=O)NNI)CC3)C1=O)[C@@]1(C)CC(C)(O1)[C@@H]1C[C@@](O)(NC(=O)O1)[C@H](OC)/C=C/C=C(\C)C2. The van der Waals surface area contributed by atoms with Gasteiger partial charge >= 0.3 is 12.1 Å². The molecule has 1 aliphatic carbocycles. The third-order valence-electron chi connectivity index (χ3n) is 13.6. The molecule has 6 bridgehead atoms. The van der Waals surface area contributed by atoms with Crippen molar-refractivity contribution in [1.29, 1.82) is 0 Å². The van der Waals surface area contributed by atoms with E-state index < -0.39 is 64.6 Å². The summed E-state index contributed by atoms with van der Waals surface area (Å²) in [5.41, 5.74) is 0.391. The largest absolute Gasteiger partial charge is 0.495 e. The molecule has 0 spiro atoms. The third-order valence-corrected chi connectivity index (χ3v) is 15.5. The van der Waals surface area contributed by atoms with Crippen molar-refractivity contribution in [3.05, 3.63) is 46.5 Å². The number of hydrogen-bond donors (Lipinski definition) is 4. The number of hydrogen-bond acceptors (Lipinski definition) is 16. The van der Waals surface area contributed by atoms with Crippen LogP contribution in [-0.2, 0) is 58.8 Å². The van der Waals surface area contributed by atoms with Gasteiger partial charge in [0.2, 0.25) is 23.6 Å². The smallest absolute Gasteiger partial charge is 0.409 e. The average molecular weight is 1120 g/mol. The summed E-state index contributed by atoms with van der Waals surface area (Å²) >= 11 is 10.0. The Morgan fingerprint density at radius 2 is 1.78 bits per heavy atom. The van der Waals surface area contributed by atoms with Crippen LogP contribution in [0.15, 0.2) is 35.9 Å². The van der Waals surface area contributed by atoms with Crippen LogP contribution in [0.5, 0.6) is 5.75 Å². The molecule has 0 aromatic heterocycles. The first-order chi connectivity index (χ1) is 32.7. The Balaban J connectivity index is 1.05. The van der Waals surface area contributed by atoms with Crippen LogP contribution in [0, 0.1) is 11.8 Å². The van der Waals surface area contributed by atoms with Crippen molar-refractivity contribution in [1.82, 2.24) is 19.3 Å². The van der Waals surface area contributed by atoms with E-state index in [1.54, 1.807) is 45.2 Å². The van der Waals surface area contributed by atoms with Crippen molar-refractivity contribution < 1.29 is 67.0 Å². The lowest BCUT2D eigenvalue weighted by Gasteiger charge is -2.59. The van der Waals surface area contributed by atoms with Crippen molar-refractivity contribution in [2.24, 2.45) is 11.8 Å². The zero-order chi connectivity index (χ0) is 50.3. The van der Waals surface area contributed by atoms with E-state index in [2.05, 4.69) is 14.4 Å². The van der Waals surface area contributed by atoms with Crippen molar-refractivity contribution in [3.63, 3.8) is 0 Å². The molecular formula is C47H65ClIN5O14S. The van der Waals surface area contributed by atoms with Gasteiger partial charge in [-0.05, 0) is 83.4 Å². The minimum absolute atomic E-state index is 0.0270. The maximum absolute atomic E-state index is 14.2. The van der Waals surface area contributed by atoms with Crippen LogP contribution in [0.4, 0.5) is 10.5 Å². The molecule has 8 atom stereocenters. The van der Waals surface area contributed by atoms with Gasteiger partial charge in [0.15, 0.2) is 11.8 Å². The van der Waals surface area contributed by atoms with Crippen LogP contribution in [-0.4, -0.2) is 146 Å². The number of benzene rings is 1. The zero-order valence-electron chi connectivity index (χ0n) is 40.1. The molecule has 0 radical (unpaired) electrons. The molecule has 69 heavy (non-hydrogen) atoms. The normalized spacial score (nSPS) is 32.5. The molecule has 19 nitrogen and oxygen atoms in total. The van der Waals surface area contributed by atoms with Crippen molar-refractivity contribution in [2.45, 2.75) is 132 Å². The first kappa shape index (κ1) is 54.8. The fraction of sp³-hybridized carbons (Fsp3) is 0.660. The molecule has 5 aliphatic heterocycles. The van der Waals surface area contributed by atoms with E-state index in [4.69, 9.17) is 44.8 Å². The highest BCUT2D eigenvalue weighted by molar-refractivity contribution is 14.1. The quantitative estimate of drug-likeness (QED) is 0.0432. The molecule has 2 unspecified atom stereocenters. The van der Waals surface area contributed by atoms with Gasteiger partial charge in [-0.1, -0.05) is 35.4 Å². The van der Waals surface area contributed by atoms with Gasteiger partial charge in [-0.25, -0.2) is 9.59 Å². The van der Waals surface area contributed by atoms with Gasteiger partial charge in [0, 0.05) is 74.5 Å². The highest BCUT2D eigenvalue weighted by Gasteiger charge is 2.63. The van der Waals surface area contributed by atoms with Crippen LogP contribution in [0.2, 0.25) is 5.02 Å². The molecule has 1 saturated carbocycles. The number of hydrazine groups is 1. The number of likely N-dealkylation sites (tertiary alicyclic amines) is 1. The van der Waals surface area contributed by atoms with E-state index in [0.29, 0.717) is 43.0 Å². The summed E-state index contributed by atoms with van der Waals surface area (Å²) in [6, 6.07) is 3.57. The molecule has 5 amide bonds. The lowest BCUT2D eigenvalue weighted by atomic mass is 9.72. The van der Waals surface area contributed by atoms with Crippen molar-refractivity contribution >= 4 is 87.6 Å². The lowest BCUT2D eigenvalue weighted by Crippen LogP contribution is -2.72. The Morgan fingerprint density at radius 3 is 2.46 bits per heavy atom. The number of nitrogens with one attached hydrogen (secondary N) is 3. The van der Waals surface area contributed by atoms with Gasteiger partial charge in [0.1, 0.15) is 40.3 Å². The molecule has 4 N–H and O–H groups in total. The number of anilines is 1. The van der Waals surface area contributed by atoms with Crippen LogP contribution >= 0.6 is 46.2 Å². The second-order valence-electron chi connectivity index (χ2n) is 18.8. The summed E-state index contributed by atoms with van der Waals surface area (Å²) in [5.74, 6) is -0.730. The fourth-order valence-electron chi connectivity index (χ4n) is 9.83. The number of esters is 1. The van der Waals surface area contributed by atoms with Crippen LogP contribution < -0.4 is 24.0 Å². The second-order valence-corrected chi connectivity index (χ2v) is 21.1. The topological polar surface area (TPSA) is 230 Å². The van der Waals surface area contributed by atoms with E-state index in [9.17, 15) is 33.9 Å². The summed E-state index contributed by atoms with van der Waals surface area (Å²) in [7, 11) is 4.47. The second kappa shape index (κ2) is 23.8. The number of methoxy groups -OCH3 is 2. The number of amides is 5. The van der Waals surface area contributed by atoms with E-state index >= 15 is 0 Å². The summed E-state index contributed by atoms with van der Waals surface area (Å²) < 4.78 is 43.8. The van der Waals surface area contributed by atoms with Crippen LogP contribution in [0.3, 0.4) is 0 Å². The summed E-state index contributed by atoms with van der Waals surface area (Å²) in [4.78, 5) is 81.9. The Labute approximate surface area is 426 Å². The molecule has 382 valence electrons. The Hall–Kier alpha value is -3.55. The average Bonchev–Trinajstić information content (AvgIpc) is 3.56. The van der Waals surface area contributed by atoms with E-state index in [-0.39, 0.29) is 80.1 Å². The number of halogens is 2. The molecule has 7 rings (SSSR count). The van der Waals surface area contributed by atoms with Gasteiger partial charge in [-0.3, -0.25) is 34.8 Å². The van der Waals surface area contributed by atoms with E-state index in [0.717, 1.165) is 24.0 Å². The predicted molar refractivity (Wildman–Crippen MR) is 263 cm³/mol. The number of rotatable bonds is 16. The molecule has 3 saturated heterocycles. The highest BCUT2D eigenvalue weighted by Crippen LogP contribution is 2.50. The first-order valence-electron chi connectivity index (χ1n) is 23.1. The number of carbonyl (C=O) groups is 6. The maximum Gasteiger partial charge on any atom is 0.409 e. The fourth-order valence-corrected chi connectivity index (χ4v) is 11.4. The highest BCUT2D eigenvalue weighted by atomic mass is 127. The number of thioether (sulfide) groups is 1. The number of ether oxygens (including phenoxy) is 7. The Bertz CT molecular complexity index is 2140. The molecule has 5 heterocycles. The predicted octanol–water partition coefficient (Wildman–Crippen LogP) is 4.87. The monoisotopic (exact) mass is 1120 g/mol. The van der Waals surface area contributed by atoms with Gasteiger partial charge in [-0.15, -0.1) is 11.8 Å². The third kappa shape index (κ3) is 13.3. The van der Waals surface area contributed by atoms with Crippen molar-refractivity contribution in [3.8, 4) is 5.75 Å². The summed E-state index contributed by atoms with van der Waals surface area (Å²) in [6.07, 6.45) is 3.41. The summed E-state index contributed by atoms with van der Waals surface area (Å²) in [5, 5.41) is 14.1. The maximum atomic E-state index is 14.2. The van der Waals surface area contributed by atoms with Gasteiger partial charge in [0.25, 0.3) is 0 Å². The first-order valence-corrected chi connectivity index (χ1v) is 25.7. The number of aliphatic hydroxyl groups is 1. The summed E-state index contributed by atoms with van der Waals surface area (Å²) in [6.45, 7) is 7.66. The molecule has 1 aromatic rings. The molecule has 1 aromatic carbocycles. The zero-order valence-corrected chi connectivity index (χ0v) is 43.9. The van der Waals surface area contributed by atoms with Gasteiger partial charge in [0.05, 0.1) is 44.3 Å². The Kier molecular flexibility index (Phi) is 18.9. The number of carbonyl (C=O) groups excluding carboxylic acids is 6. The standard InChI is InChI=1S/C47H65ClIN5O14S/c1-27-9-8-10-35(63-7)47(61)24-37(67-44(60)50-47)46(4)26-45(3,68-46)36(23-38(55)53(5)32-20-30(19-27)21-33(62-6)40(32)48)66-43(59)28(2)65-16-15-64-17-18-69-34-22-39(56)54(42(34)58)25-29-11-13-31(14-12-29)41(57)51-52-49/h8-10,20-21,28-29,31,34-37,52,61H,11-19,22-26H2,1-7H3,(H,50,60)(H,51,57)/b10-8+,27-9+/t28-,29?,31?,34?,35+,36-,37-,45+,46?,47-/m0/s1. The number of fused-ring (bicyclic) bond motifs is 6. The van der Waals surface area contributed by atoms with E-state index in [1.807, 2.05) is 35.9 Å². The van der Waals surface area contributed by atoms with E-state index in [1.165, 1.54) is 42.7 Å². The lowest BCUT2D eigenvalue weighted by molar-refractivity contribution is -0.328. The molecule has 22 heteroatoms. The van der Waals surface area contributed by atoms with Crippen LogP contribution in [0.25, 0.3) is 0 Å². The van der Waals surface area contributed by atoms with Crippen molar-refractivity contribution in [2.75, 3.05) is 58.3 Å². The molecular weight excluding hydrogens is 1050 g/mol. The van der Waals surface area contributed by atoms with Gasteiger partial charge < -0.3 is 43.2 Å². The minimum atomic E-state index is -1.88. The number of allylic oxidation sites excluding steroid dienone is 3.